The van der Waals surface area contributed by atoms with Crippen molar-refractivity contribution in [1.29, 1.82) is 0 Å². The summed E-state index contributed by atoms with van der Waals surface area (Å²) >= 11 is 6.30. The molecule has 0 saturated carbocycles. The van der Waals surface area contributed by atoms with E-state index in [2.05, 4.69) is 17.4 Å². The highest BCUT2D eigenvalue weighted by atomic mass is 35.5. The van der Waals surface area contributed by atoms with Gasteiger partial charge in [-0.05, 0) is 24.5 Å². The lowest BCUT2D eigenvalue weighted by Gasteiger charge is -2.10. The second-order valence-corrected chi connectivity index (χ2v) is 7.16. The van der Waals surface area contributed by atoms with Gasteiger partial charge in [0.25, 0.3) is 0 Å². The van der Waals surface area contributed by atoms with E-state index in [0.29, 0.717) is 19.2 Å². The molecule has 2 heterocycles. The summed E-state index contributed by atoms with van der Waals surface area (Å²) in [5, 5.41) is 13.7. The minimum absolute atomic E-state index is 0.309. The first-order valence-corrected chi connectivity index (χ1v) is 9.72. The van der Waals surface area contributed by atoms with E-state index in [1.807, 2.05) is 42.5 Å². The van der Waals surface area contributed by atoms with Crippen LogP contribution in [0.25, 0.3) is 11.3 Å². The van der Waals surface area contributed by atoms with Gasteiger partial charge < -0.3 is 10.1 Å². The lowest BCUT2D eigenvalue weighted by Crippen LogP contribution is -2.26. The van der Waals surface area contributed by atoms with Crippen LogP contribution in [0.15, 0.2) is 54.6 Å². The van der Waals surface area contributed by atoms with Crippen LogP contribution in [0.4, 0.5) is 0 Å². The van der Waals surface area contributed by atoms with Crippen molar-refractivity contribution in [1.82, 2.24) is 20.3 Å². The van der Waals surface area contributed by atoms with Gasteiger partial charge in [0.1, 0.15) is 11.4 Å². The first kappa shape index (κ1) is 18.2. The maximum Gasteiger partial charge on any atom is 0.117 e. The van der Waals surface area contributed by atoms with E-state index in [0.717, 1.165) is 53.5 Å². The zero-order valence-corrected chi connectivity index (χ0v) is 15.9. The predicted octanol–water partition coefficient (Wildman–Crippen LogP) is 3.92. The van der Waals surface area contributed by atoms with E-state index in [1.165, 1.54) is 0 Å². The van der Waals surface area contributed by atoms with Crippen molar-refractivity contribution < 1.29 is 4.74 Å². The minimum atomic E-state index is 0.309. The maximum atomic E-state index is 6.30. The molecule has 1 aromatic heterocycles. The van der Waals surface area contributed by atoms with E-state index >= 15 is 0 Å². The monoisotopic (exact) mass is 382 g/mol. The van der Waals surface area contributed by atoms with Gasteiger partial charge in [-0.2, -0.15) is 15.0 Å². The van der Waals surface area contributed by atoms with Crippen LogP contribution < -0.4 is 5.32 Å². The van der Waals surface area contributed by atoms with Gasteiger partial charge in [0, 0.05) is 30.3 Å². The Morgan fingerprint density at radius 2 is 1.89 bits per heavy atom. The molecule has 0 spiro atoms. The van der Waals surface area contributed by atoms with Crippen molar-refractivity contribution in [3.05, 3.63) is 70.9 Å². The maximum absolute atomic E-state index is 6.30. The number of halogens is 1. The smallest absolute Gasteiger partial charge is 0.117 e. The molecule has 3 aromatic rings. The summed E-state index contributed by atoms with van der Waals surface area (Å²) < 4.78 is 5.68. The van der Waals surface area contributed by atoms with Crippen LogP contribution in [0, 0.1) is 0 Å². The van der Waals surface area contributed by atoms with Crippen LogP contribution in [-0.2, 0) is 17.8 Å². The summed E-state index contributed by atoms with van der Waals surface area (Å²) in [5.41, 5.74) is 3.92. The third kappa shape index (κ3) is 4.56. The van der Waals surface area contributed by atoms with Gasteiger partial charge in [0.2, 0.25) is 0 Å². The molecule has 1 aliphatic heterocycles. The molecule has 5 nitrogen and oxygen atoms in total. The van der Waals surface area contributed by atoms with Gasteiger partial charge in [-0.15, -0.1) is 0 Å². The highest BCUT2D eigenvalue weighted by molar-refractivity contribution is 6.31. The number of ether oxygens (including phenoxy) is 1. The Kier molecular flexibility index (Phi) is 5.82. The molecule has 1 fully saturated rings. The third-order valence-electron chi connectivity index (χ3n) is 4.73. The Morgan fingerprint density at radius 1 is 1.07 bits per heavy atom. The third-order valence-corrected chi connectivity index (χ3v) is 5.10. The topological polar surface area (TPSA) is 52.0 Å². The van der Waals surface area contributed by atoms with Gasteiger partial charge in [-0.25, -0.2) is 0 Å². The predicted molar refractivity (Wildman–Crippen MR) is 107 cm³/mol. The Hall–Kier alpha value is -2.21. The fraction of sp³-hybridized carbons (Fsp3) is 0.333. The molecule has 0 bridgehead atoms. The van der Waals surface area contributed by atoms with Crippen LogP contribution in [0.2, 0.25) is 5.02 Å². The van der Waals surface area contributed by atoms with E-state index < -0.39 is 0 Å². The van der Waals surface area contributed by atoms with E-state index in [1.54, 1.807) is 4.80 Å². The summed E-state index contributed by atoms with van der Waals surface area (Å²) in [7, 11) is 0. The molecule has 2 aromatic carbocycles. The fourth-order valence-electron chi connectivity index (χ4n) is 3.33. The number of hydrogen-bond donors (Lipinski definition) is 1. The van der Waals surface area contributed by atoms with Gasteiger partial charge in [0.15, 0.2) is 0 Å². The molecule has 6 heteroatoms. The molecule has 4 rings (SSSR count). The summed E-state index contributed by atoms with van der Waals surface area (Å²) in [6.07, 6.45) is 2.58. The van der Waals surface area contributed by atoms with Crippen molar-refractivity contribution >= 4 is 11.6 Å². The van der Waals surface area contributed by atoms with Crippen LogP contribution in [0.5, 0.6) is 0 Å². The van der Waals surface area contributed by atoms with Crippen LogP contribution in [0.3, 0.4) is 0 Å². The first-order chi connectivity index (χ1) is 13.3. The SMILES string of the molecule is Clc1ccccc1Cn1nc(CNC[C@@H]2CCCO2)c(-c2ccccc2)n1. The molecule has 0 amide bonds. The number of hydrogen-bond acceptors (Lipinski definition) is 4. The first-order valence-electron chi connectivity index (χ1n) is 9.35. The highest BCUT2D eigenvalue weighted by Gasteiger charge is 2.17. The molecular formula is C21H23ClN4O. The Labute approximate surface area is 164 Å². The summed E-state index contributed by atoms with van der Waals surface area (Å²) in [6.45, 7) is 2.92. The fourth-order valence-corrected chi connectivity index (χ4v) is 3.52. The van der Waals surface area contributed by atoms with Crippen LogP contribution in [-0.4, -0.2) is 34.2 Å². The summed E-state index contributed by atoms with van der Waals surface area (Å²) in [6, 6.07) is 18.0. The Balaban J connectivity index is 1.54. The standard InChI is InChI=1S/C21H23ClN4O/c22-19-11-5-4-9-17(19)15-26-24-20(14-23-13-18-10-6-12-27-18)21(25-26)16-7-2-1-3-8-16/h1-5,7-9,11,18,23H,6,10,12-15H2/t18-/m0/s1. The number of rotatable bonds is 7. The molecule has 1 N–H and O–H groups in total. The van der Waals surface area contributed by atoms with Crippen molar-refractivity contribution in [2.75, 3.05) is 13.2 Å². The second kappa shape index (κ2) is 8.65. The average Bonchev–Trinajstić information content (AvgIpc) is 3.35. The van der Waals surface area contributed by atoms with Gasteiger partial charge in [-0.3, -0.25) is 0 Å². The number of nitrogens with one attached hydrogen (secondary N) is 1. The summed E-state index contributed by atoms with van der Waals surface area (Å²) in [4.78, 5) is 1.73. The van der Waals surface area contributed by atoms with Crippen LogP contribution >= 0.6 is 11.6 Å². The van der Waals surface area contributed by atoms with Gasteiger partial charge in [0.05, 0.1) is 12.6 Å². The van der Waals surface area contributed by atoms with Gasteiger partial charge in [-0.1, -0.05) is 60.1 Å². The molecule has 1 saturated heterocycles. The van der Waals surface area contributed by atoms with Crippen molar-refractivity contribution in [2.24, 2.45) is 0 Å². The Bertz CT molecular complexity index is 875. The molecule has 27 heavy (non-hydrogen) atoms. The lowest BCUT2D eigenvalue weighted by molar-refractivity contribution is 0.110. The number of aromatic nitrogens is 3. The Morgan fingerprint density at radius 3 is 2.67 bits per heavy atom. The molecular weight excluding hydrogens is 360 g/mol. The zero-order chi connectivity index (χ0) is 18.5. The molecule has 1 atom stereocenters. The molecule has 1 aliphatic rings. The number of benzene rings is 2. The van der Waals surface area contributed by atoms with Crippen molar-refractivity contribution in [3.8, 4) is 11.3 Å². The van der Waals surface area contributed by atoms with E-state index in [4.69, 9.17) is 26.5 Å². The lowest BCUT2D eigenvalue weighted by atomic mass is 10.1. The largest absolute Gasteiger partial charge is 0.377 e. The van der Waals surface area contributed by atoms with Gasteiger partial charge >= 0.3 is 0 Å². The second-order valence-electron chi connectivity index (χ2n) is 6.75. The van der Waals surface area contributed by atoms with E-state index in [-0.39, 0.29) is 0 Å². The average molecular weight is 383 g/mol. The zero-order valence-electron chi connectivity index (χ0n) is 15.1. The normalized spacial score (nSPS) is 16.7. The quantitative estimate of drug-likeness (QED) is 0.673. The summed E-state index contributed by atoms with van der Waals surface area (Å²) in [5.74, 6) is 0. The van der Waals surface area contributed by atoms with E-state index in [9.17, 15) is 0 Å². The minimum Gasteiger partial charge on any atom is -0.377 e. The van der Waals surface area contributed by atoms with Crippen molar-refractivity contribution in [2.45, 2.75) is 32.0 Å². The van der Waals surface area contributed by atoms with Crippen LogP contribution in [0.1, 0.15) is 24.1 Å². The molecule has 0 aliphatic carbocycles. The highest BCUT2D eigenvalue weighted by Crippen LogP contribution is 2.22. The molecule has 0 radical (unpaired) electrons. The molecule has 140 valence electrons. The molecule has 0 unspecified atom stereocenters. The number of nitrogens with zero attached hydrogens (tertiary/aromatic N) is 3. The van der Waals surface area contributed by atoms with Crippen molar-refractivity contribution in [3.63, 3.8) is 0 Å².